The molecule has 2 nitrogen and oxygen atoms in total. The van der Waals surface area contributed by atoms with E-state index in [9.17, 15) is 0 Å². The molecule has 0 amide bonds. The largest absolute Gasteiger partial charge is 0.396 e. The fourth-order valence-electron chi connectivity index (χ4n) is 1.20. The van der Waals surface area contributed by atoms with Crippen LogP contribution in [0.2, 0.25) is 0 Å². The molecule has 1 fully saturated rings. The van der Waals surface area contributed by atoms with Gasteiger partial charge in [0.1, 0.15) is 0 Å². The van der Waals surface area contributed by atoms with Crippen molar-refractivity contribution in [1.82, 2.24) is 4.90 Å². The minimum absolute atomic E-state index is 0.326. The molecular formula is C8H13NO. The lowest BCUT2D eigenvalue weighted by Crippen LogP contribution is -2.48. The Bertz CT molecular complexity index is 133. The van der Waals surface area contributed by atoms with E-state index >= 15 is 0 Å². The van der Waals surface area contributed by atoms with Crippen molar-refractivity contribution >= 4 is 0 Å². The maximum Gasteiger partial charge on any atom is 0.0483 e. The Kier molecular flexibility index (Phi) is 2.73. The average Bonchev–Trinajstić information content (AvgIpc) is 1.86. The van der Waals surface area contributed by atoms with Gasteiger partial charge in [-0.3, -0.25) is 0 Å². The maximum atomic E-state index is 8.66. The van der Waals surface area contributed by atoms with Crippen molar-refractivity contribution in [2.75, 3.05) is 26.2 Å². The predicted octanol–water partition coefficient (Wildman–Crippen LogP) is -0.0662. The molecular weight excluding hydrogens is 126 g/mol. The molecule has 0 bridgehead atoms. The highest BCUT2D eigenvalue weighted by molar-refractivity contribution is 4.87. The molecule has 2 heteroatoms. The minimum Gasteiger partial charge on any atom is -0.396 e. The molecule has 0 radical (unpaired) electrons. The Morgan fingerprint density at radius 2 is 2.30 bits per heavy atom. The molecule has 10 heavy (non-hydrogen) atoms. The predicted molar refractivity (Wildman–Crippen MR) is 40.5 cm³/mol. The molecule has 0 spiro atoms. The van der Waals surface area contributed by atoms with E-state index in [-0.39, 0.29) is 0 Å². The van der Waals surface area contributed by atoms with Gasteiger partial charge >= 0.3 is 0 Å². The molecule has 0 unspecified atom stereocenters. The van der Waals surface area contributed by atoms with Crippen LogP contribution in [0.15, 0.2) is 0 Å². The van der Waals surface area contributed by atoms with E-state index in [4.69, 9.17) is 11.5 Å². The van der Waals surface area contributed by atoms with Crippen LogP contribution in [-0.4, -0.2) is 36.2 Å². The van der Waals surface area contributed by atoms with Gasteiger partial charge in [0.15, 0.2) is 0 Å². The summed E-state index contributed by atoms with van der Waals surface area (Å²) < 4.78 is 0. The molecule has 1 aliphatic rings. The van der Waals surface area contributed by atoms with Gasteiger partial charge in [0.25, 0.3) is 0 Å². The van der Waals surface area contributed by atoms with Crippen molar-refractivity contribution in [3.8, 4) is 12.3 Å². The molecule has 0 saturated carbocycles. The van der Waals surface area contributed by atoms with Crippen molar-refractivity contribution in [1.29, 1.82) is 0 Å². The summed E-state index contributed by atoms with van der Waals surface area (Å²) in [5.74, 6) is 3.11. The molecule has 1 rings (SSSR count). The topological polar surface area (TPSA) is 23.5 Å². The van der Waals surface area contributed by atoms with Gasteiger partial charge in [0, 0.05) is 38.6 Å². The number of likely N-dealkylation sites (tertiary alicyclic amines) is 1. The molecule has 1 aliphatic heterocycles. The van der Waals surface area contributed by atoms with Gasteiger partial charge in [-0.2, -0.15) is 0 Å². The third-order valence-corrected chi connectivity index (χ3v) is 1.86. The number of aliphatic hydroxyl groups is 1. The van der Waals surface area contributed by atoms with E-state index in [1.807, 2.05) is 0 Å². The zero-order valence-electron chi connectivity index (χ0n) is 6.08. The Morgan fingerprint density at radius 1 is 1.60 bits per heavy atom. The van der Waals surface area contributed by atoms with Gasteiger partial charge in [-0.25, -0.2) is 0 Å². The van der Waals surface area contributed by atoms with E-state index < -0.39 is 0 Å². The van der Waals surface area contributed by atoms with Crippen LogP contribution in [0.25, 0.3) is 0 Å². The third kappa shape index (κ3) is 1.73. The number of nitrogens with zero attached hydrogens (tertiary/aromatic N) is 1. The summed E-state index contributed by atoms with van der Waals surface area (Å²) in [4.78, 5) is 2.26. The molecule has 0 aromatic rings. The van der Waals surface area contributed by atoms with Crippen LogP contribution in [0.3, 0.4) is 0 Å². The quantitative estimate of drug-likeness (QED) is 0.553. The Morgan fingerprint density at radius 3 is 2.80 bits per heavy atom. The van der Waals surface area contributed by atoms with E-state index in [1.165, 1.54) is 0 Å². The summed E-state index contributed by atoms with van der Waals surface area (Å²) in [6.07, 6.45) is 5.93. The van der Waals surface area contributed by atoms with Gasteiger partial charge in [-0.05, 0) is 0 Å². The fourth-order valence-corrected chi connectivity index (χ4v) is 1.20. The highest BCUT2D eigenvalue weighted by Crippen LogP contribution is 2.13. The Hall–Kier alpha value is -0.520. The average molecular weight is 139 g/mol. The molecule has 0 aromatic carbocycles. The Labute approximate surface area is 61.8 Å². The van der Waals surface area contributed by atoms with Gasteiger partial charge in [-0.1, -0.05) is 0 Å². The van der Waals surface area contributed by atoms with Crippen LogP contribution < -0.4 is 0 Å². The van der Waals surface area contributed by atoms with Crippen molar-refractivity contribution in [2.45, 2.75) is 6.42 Å². The lowest BCUT2D eigenvalue weighted by atomic mass is 10.0. The zero-order chi connectivity index (χ0) is 7.40. The van der Waals surface area contributed by atoms with Gasteiger partial charge in [0.05, 0.1) is 0 Å². The van der Waals surface area contributed by atoms with Crippen LogP contribution in [0, 0.1) is 18.3 Å². The van der Waals surface area contributed by atoms with E-state index in [2.05, 4.69) is 10.8 Å². The second kappa shape index (κ2) is 3.60. The lowest BCUT2D eigenvalue weighted by Gasteiger charge is -2.37. The van der Waals surface area contributed by atoms with Gasteiger partial charge in [-0.15, -0.1) is 12.3 Å². The molecule has 0 aliphatic carbocycles. The Balaban J connectivity index is 1.99. The van der Waals surface area contributed by atoms with Crippen LogP contribution in [0.4, 0.5) is 0 Å². The standard InChI is InChI=1S/C8H13NO/c1-2-3-4-9-5-8(6-9)7-10/h1,8,10H,3-7H2. The smallest absolute Gasteiger partial charge is 0.0483 e. The van der Waals surface area contributed by atoms with Crippen molar-refractivity contribution in [3.63, 3.8) is 0 Å². The van der Waals surface area contributed by atoms with E-state index in [0.29, 0.717) is 12.5 Å². The monoisotopic (exact) mass is 139 g/mol. The minimum atomic E-state index is 0.326. The number of hydrogen-bond donors (Lipinski definition) is 1. The molecule has 1 heterocycles. The molecule has 1 N–H and O–H groups in total. The second-order valence-electron chi connectivity index (χ2n) is 2.76. The van der Waals surface area contributed by atoms with Crippen LogP contribution in [0.5, 0.6) is 0 Å². The normalized spacial score (nSPS) is 20.0. The first-order valence-electron chi connectivity index (χ1n) is 3.63. The van der Waals surface area contributed by atoms with Gasteiger partial charge in [0.2, 0.25) is 0 Å². The number of aliphatic hydroxyl groups excluding tert-OH is 1. The maximum absolute atomic E-state index is 8.66. The summed E-state index contributed by atoms with van der Waals surface area (Å²) in [6, 6.07) is 0. The highest BCUT2D eigenvalue weighted by atomic mass is 16.3. The SMILES string of the molecule is C#CCCN1CC(CO)C1. The first-order chi connectivity index (χ1) is 4.86. The van der Waals surface area contributed by atoms with Crippen molar-refractivity contribution < 1.29 is 5.11 Å². The molecule has 1 saturated heterocycles. The number of hydrogen-bond acceptors (Lipinski definition) is 2. The summed E-state index contributed by atoms with van der Waals surface area (Å²) in [5, 5.41) is 8.66. The molecule has 0 aromatic heterocycles. The zero-order valence-corrected chi connectivity index (χ0v) is 6.08. The van der Waals surface area contributed by atoms with Crippen molar-refractivity contribution in [2.24, 2.45) is 5.92 Å². The van der Waals surface area contributed by atoms with Crippen molar-refractivity contribution in [3.05, 3.63) is 0 Å². The van der Waals surface area contributed by atoms with Gasteiger partial charge < -0.3 is 10.0 Å². The highest BCUT2D eigenvalue weighted by Gasteiger charge is 2.24. The lowest BCUT2D eigenvalue weighted by molar-refractivity contribution is 0.0560. The first-order valence-corrected chi connectivity index (χ1v) is 3.63. The van der Waals surface area contributed by atoms with Crippen LogP contribution in [-0.2, 0) is 0 Å². The summed E-state index contributed by atoms with van der Waals surface area (Å²) in [5.41, 5.74) is 0. The third-order valence-electron chi connectivity index (χ3n) is 1.86. The van der Waals surface area contributed by atoms with E-state index in [0.717, 1.165) is 26.1 Å². The summed E-state index contributed by atoms with van der Waals surface area (Å²) >= 11 is 0. The van der Waals surface area contributed by atoms with Crippen LogP contribution in [0.1, 0.15) is 6.42 Å². The summed E-state index contributed by atoms with van der Waals surface area (Å²) in [7, 11) is 0. The number of terminal acetylenes is 1. The molecule has 0 atom stereocenters. The second-order valence-corrected chi connectivity index (χ2v) is 2.76. The van der Waals surface area contributed by atoms with Crippen LogP contribution >= 0.6 is 0 Å². The summed E-state index contributed by atoms with van der Waals surface area (Å²) in [6.45, 7) is 3.37. The first kappa shape index (κ1) is 7.59. The molecule has 56 valence electrons. The number of rotatable bonds is 3. The fraction of sp³-hybridized carbons (Fsp3) is 0.750. The van der Waals surface area contributed by atoms with E-state index in [1.54, 1.807) is 0 Å².